The number of rotatable bonds is 17. The molecule has 6 aromatic rings. The Kier molecular flexibility index (Phi) is 14.0. The highest BCUT2D eigenvalue weighted by atomic mass is 32.2. The fourth-order valence-corrected chi connectivity index (χ4v) is 11.3. The lowest BCUT2D eigenvalue weighted by Gasteiger charge is -2.45. The molecule has 9 rings (SSSR count). The number of thiazole rings is 1. The van der Waals surface area contributed by atoms with E-state index in [1.807, 2.05) is 121 Å². The normalized spacial score (nSPS) is 21.4. The molecule has 0 radical (unpaired) electrons. The molecule has 2 heterocycles. The summed E-state index contributed by atoms with van der Waals surface area (Å²) in [5, 5.41) is 6.97. The number of nitrogens with two attached hydrogens (primary N) is 1. The molecule has 10 nitrogen and oxygen atoms in total. The van der Waals surface area contributed by atoms with Gasteiger partial charge in [0.15, 0.2) is 9.92 Å². The van der Waals surface area contributed by atoms with Gasteiger partial charge in [-0.2, -0.15) is 0 Å². The number of benzene rings is 5. The third kappa shape index (κ3) is 10.6. The van der Waals surface area contributed by atoms with Gasteiger partial charge >= 0.3 is 0 Å². The van der Waals surface area contributed by atoms with E-state index in [2.05, 4.69) is 10.4 Å². The fourth-order valence-electron chi connectivity index (χ4n) is 9.05. The van der Waals surface area contributed by atoms with Gasteiger partial charge in [0.2, 0.25) is 0 Å². The van der Waals surface area contributed by atoms with E-state index in [1.54, 1.807) is 0 Å². The number of aryl methyl sites for hydroxylation is 2. The molecule has 0 spiro atoms. The van der Waals surface area contributed by atoms with Crippen LogP contribution in [0.15, 0.2) is 142 Å². The van der Waals surface area contributed by atoms with Crippen molar-refractivity contribution in [2.45, 2.75) is 106 Å². The number of hydrogen-bond acceptors (Lipinski definition) is 9. The molecule has 5 aromatic carbocycles. The Labute approximate surface area is 374 Å². The second kappa shape index (κ2) is 20.3. The highest BCUT2D eigenvalue weighted by Crippen LogP contribution is 2.41. The molecule has 326 valence electrons. The maximum atomic E-state index is 14.3. The Balaban J connectivity index is 1.05. The molecule has 0 saturated carbocycles. The van der Waals surface area contributed by atoms with E-state index in [0.717, 1.165) is 77.7 Å². The van der Waals surface area contributed by atoms with Crippen LogP contribution in [0.5, 0.6) is 0 Å². The van der Waals surface area contributed by atoms with E-state index in [0.29, 0.717) is 18.2 Å². The fraction of sp³-hybridized carbons (Fsp3) is 0.333. The standard InChI is InChI=1S/C51H53N3O7S2/c52-63(56,54-45(55)28-43-41-25-13-23-39(41)27-40-24-14-26-42(40)43)46-29-53-51(62-46)50-49(60-33-38-21-11-4-12-22-38)48(59-32-37-19-9-3-10-20-37)47(58-31-36-17-7-2-8-18-36)44(61-50)34-57-30-35-15-5-1-6-16-35/h1-12,15-22,27,29,44,47-50H,13-14,23-26,28,30-34H2,(H2,52,54,55,56)/t44-,47-,48+,49-,50?,63?/m1/s1. The zero-order valence-corrected chi connectivity index (χ0v) is 36.9. The number of hydrogen-bond donors (Lipinski definition) is 1. The average molecular weight is 884 g/mol. The van der Waals surface area contributed by atoms with E-state index < -0.39 is 46.3 Å². The van der Waals surface area contributed by atoms with Gasteiger partial charge in [0, 0.05) is 0 Å². The van der Waals surface area contributed by atoms with Crippen LogP contribution in [0.1, 0.15) is 74.0 Å². The highest BCUT2D eigenvalue weighted by molar-refractivity contribution is 7.93. The largest absolute Gasteiger partial charge is 0.374 e. The molecule has 1 fully saturated rings. The SMILES string of the molecule is NS(=O)(=NC(=O)Cc1c2c(cc3c1CCC3)CCC2)c1cnc(C2O[C@H](COCc3ccccc3)[C@@H](OCc3ccccc3)[C@H](OCc3ccccc3)[C@H]2OCc2ccccc2)s1. The smallest absolute Gasteiger partial charge is 0.259 e. The van der Waals surface area contributed by atoms with Crippen LogP contribution in [0, 0.1) is 0 Å². The number of ether oxygens (including phenoxy) is 5. The third-order valence-corrected chi connectivity index (χ3v) is 15.1. The Bertz CT molecular complexity index is 2550. The maximum absolute atomic E-state index is 14.3. The van der Waals surface area contributed by atoms with E-state index >= 15 is 0 Å². The van der Waals surface area contributed by atoms with Gasteiger partial charge < -0.3 is 23.7 Å². The summed E-state index contributed by atoms with van der Waals surface area (Å²) in [6.45, 7) is 1.36. The molecular weight excluding hydrogens is 831 g/mol. The second-order valence-corrected chi connectivity index (χ2v) is 19.5. The van der Waals surface area contributed by atoms with Gasteiger partial charge in [-0.1, -0.05) is 127 Å². The van der Waals surface area contributed by atoms with Crippen molar-refractivity contribution < 1.29 is 32.7 Å². The second-order valence-electron chi connectivity index (χ2n) is 16.5. The minimum absolute atomic E-state index is 0.0853. The predicted molar refractivity (Wildman–Crippen MR) is 243 cm³/mol. The highest BCUT2D eigenvalue weighted by Gasteiger charge is 2.50. The van der Waals surface area contributed by atoms with Crippen molar-refractivity contribution in [3.8, 4) is 0 Å². The predicted octanol–water partition coefficient (Wildman–Crippen LogP) is 9.00. The van der Waals surface area contributed by atoms with E-state index in [-0.39, 0.29) is 30.5 Å². The number of nitrogens with zero attached hydrogens (tertiary/aromatic N) is 2. The summed E-state index contributed by atoms with van der Waals surface area (Å²) in [7, 11) is -3.66. The van der Waals surface area contributed by atoms with Gasteiger partial charge in [0.05, 0.1) is 45.7 Å². The topological polar surface area (TPSA) is 132 Å². The van der Waals surface area contributed by atoms with Crippen LogP contribution in [0.4, 0.5) is 0 Å². The zero-order chi connectivity index (χ0) is 43.0. The van der Waals surface area contributed by atoms with Crippen molar-refractivity contribution in [1.29, 1.82) is 0 Å². The van der Waals surface area contributed by atoms with Crippen LogP contribution >= 0.6 is 11.3 Å². The third-order valence-electron chi connectivity index (χ3n) is 12.1. The molecular formula is C51H53N3O7S2. The van der Waals surface area contributed by atoms with Gasteiger partial charge in [-0.25, -0.2) is 14.3 Å². The summed E-state index contributed by atoms with van der Waals surface area (Å²) in [5.74, 6) is -0.492. The molecule has 2 aliphatic carbocycles. The van der Waals surface area contributed by atoms with Crippen LogP contribution in [-0.4, -0.2) is 46.1 Å². The average Bonchev–Trinajstić information content (AvgIpc) is 4.11. The van der Waals surface area contributed by atoms with E-state index in [9.17, 15) is 9.00 Å². The van der Waals surface area contributed by atoms with Crippen LogP contribution in [0.3, 0.4) is 0 Å². The van der Waals surface area contributed by atoms with Crippen LogP contribution < -0.4 is 5.14 Å². The summed E-state index contributed by atoms with van der Waals surface area (Å²) >= 11 is 1.11. The Morgan fingerprint density at radius 3 is 1.71 bits per heavy atom. The van der Waals surface area contributed by atoms with E-state index in [4.69, 9.17) is 33.8 Å². The monoisotopic (exact) mass is 883 g/mol. The van der Waals surface area contributed by atoms with Crippen molar-refractivity contribution in [3.63, 3.8) is 0 Å². The maximum Gasteiger partial charge on any atom is 0.259 e. The molecule has 1 saturated heterocycles. The summed E-state index contributed by atoms with van der Waals surface area (Å²) < 4.78 is 52.7. The molecule has 1 amide bonds. The molecule has 1 aliphatic heterocycles. The molecule has 6 atom stereocenters. The molecule has 3 aliphatic rings. The molecule has 12 heteroatoms. The summed E-state index contributed by atoms with van der Waals surface area (Å²) in [6, 6.07) is 42.2. The summed E-state index contributed by atoms with van der Waals surface area (Å²) in [6.07, 6.45) is 4.08. The Hall–Kier alpha value is -4.89. The summed E-state index contributed by atoms with van der Waals surface area (Å²) in [4.78, 5) is 18.5. The molecule has 2 unspecified atom stereocenters. The van der Waals surface area contributed by atoms with Gasteiger partial charge in [0.25, 0.3) is 5.91 Å². The quantitative estimate of drug-likeness (QED) is 0.0961. The number of carbonyl (C=O) groups excluding carboxylic acids is 1. The van der Waals surface area contributed by atoms with Crippen molar-refractivity contribution in [3.05, 3.63) is 189 Å². The zero-order valence-electron chi connectivity index (χ0n) is 35.2. The first-order valence-corrected chi connectivity index (χ1v) is 24.2. The van der Waals surface area contributed by atoms with Crippen LogP contribution in [0.2, 0.25) is 0 Å². The lowest BCUT2D eigenvalue weighted by atomic mass is 9.92. The van der Waals surface area contributed by atoms with Gasteiger partial charge in [0.1, 0.15) is 39.7 Å². The van der Waals surface area contributed by atoms with Gasteiger partial charge in [-0.15, -0.1) is 15.7 Å². The first kappa shape index (κ1) is 43.4. The number of amides is 1. The minimum atomic E-state index is -3.66. The Morgan fingerprint density at radius 2 is 1.17 bits per heavy atom. The van der Waals surface area contributed by atoms with Crippen LogP contribution in [0.25, 0.3) is 0 Å². The molecule has 0 bridgehead atoms. The number of fused-ring (bicyclic) bond motifs is 2. The minimum Gasteiger partial charge on any atom is -0.374 e. The van der Waals surface area contributed by atoms with Gasteiger partial charge in [-0.3, -0.25) is 4.79 Å². The van der Waals surface area contributed by atoms with Crippen molar-refractivity contribution in [1.82, 2.24) is 4.98 Å². The summed E-state index contributed by atoms with van der Waals surface area (Å²) in [5.41, 5.74) is 10.2. The van der Waals surface area contributed by atoms with Crippen molar-refractivity contribution in [2.75, 3.05) is 6.61 Å². The van der Waals surface area contributed by atoms with Crippen molar-refractivity contribution in [2.24, 2.45) is 9.50 Å². The molecule has 2 N–H and O–H groups in total. The van der Waals surface area contributed by atoms with Gasteiger partial charge in [-0.05, 0) is 88.6 Å². The van der Waals surface area contributed by atoms with E-state index in [1.165, 1.54) is 28.5 Å². The number of aromatic nitrogens is 1. The first-order chi connectivity index (χ1) is 30.9. The molecule has 63 heavy (non-hydrogen) atoms. The number of carbonyl (C=O) groups is 1. The van der Waals surface area contributed by atoms with Crippen LogP contribution in [-0.2, 0) is 96.9 Å². The Morgan fingerprint density at radius 1 is 0.683 bits per heavy atom. The lowest BCUT2D eigenvalue weighted by Crippen LogP contribution is -2.58. The molecule has 1 aromatic heterocycles. The van der Waals surface area contributed by atoms with Crippen molar-refractivity contribution >= 4 is 27.2 Å². The first-order valence-electron chi connectivity index (χ1n) is 21.8. The lowest BCUT2D eigenvalue weighted by molar-refractivity contribution is -0.275.